The molecule has 6 rings (SSSR count). The normalized spacial score (nSPS) is 12.7. The van der Waals surface area contributed by atoms with E-state index in [1.165, 1.54) is 44.5 Å². The first kappa shape index (κ1) is 36.2. The van der Waals surface area contributed by atoms with E-state index in [0.717, 1.165) is 107 Å². The maximum atomic E-state index is 5.46. The molecule has 0 atom stereocenters. The van der Waals surface area contributed by atoms with E-state index in [-0.39, 0.29) is 16.5 Å². The van der Waals surface area contributed by atoms with Crippen LogP contribution in [0.25, 0.3) is 44.4 Å². The first-order chi connectivity index (χ1) is 23.4. The Morgan fingerprint density at radius 3 is 1.43 bits per heavy atom. The molecule has 0 unspecified atom stereocenters. The van der Waals surface area contributed by atoms with Crippen molar-refractivity contribution in [2.24, 2.45) is 0 Å². The standard InChI is InChI=1S/C44H48N4.Ni/c1-9-28-30(11-3)39-25-41-32(13-5)34(15-7)43(47-41)36(23-22-27-20-18-17-19-21-27)44-35(16-8)33(14-6)42(48-44)26-40-31(12-4)29(10-2)38(46-40)24-37(28)45-39;/h17-21,24-26H,9-16H2,1-8H3;/q-2;+2. The molecule has 0 aliphatic carbocycles. The number of hydrogen-bond donors (Lipinski definition) is 0. The Labute approximate surface area is 302 Å². The van der Waals surface area contributed by atoms with Crippen molar-refractivity contribution in [1.82, 2.24) is 19.9 Å². The number of allylic oxidation sites excluding steroid dienone is 4. The summed E-state index contributed by atoms with van der Waals surface area (Å²) in [4.78, 5) is 21.6. The zero-order valence-electron chi connectivity index (χ0n) is 30.4. The molecule has 4 aromatic rings. The quantitative estimate of drug-likeness (QED) is 0.136. The van der Waals surface area contributed by atoms with Crippen molar-refractivity contribution in [2.45, 2.75) is 107 Å². The molecule has 0 amide bonds. The molecule has 8 bridgehead atoms. The van der Waals surface area contributed by atoms with Gasteiger partial charge in [-0.3, -0.25) is 0 Å². The monoisotopic (exact) mass is 690 g/mol. The third-order valence-corrected chi connectivity index (χ3v) is 10.1. The van der Waals surface area contributed by atoms with E-state index in [1.807, 2.05) is 18.2 Å². The molecule has 0 saturated heterocycles. The molecule has 3 aromatic heterocycles. The van der Waals surface area contributed by atoms with E-state index in [0.29, 0.717) is 0 Å². The van der Waals surface area contributed by atoms with Crippen LogP contribution in [0.3, 0.4) is 0 Å². The molecule has 0 radical (unpaired) electrons. The Balaban J connectivity index is 0.00000468. The molecule has 0 spiro atoms. The fourth-order valence-electron chi connectivity index (χ4n) is 7.79. The topological polar surface area (TPSA) is 54.0 Å². The van der Waals surface area contributed by atoms with Gasteiger partial charge in [-0.25, -0.2) is 9.97 Å². The van der Waals surface area contributed by atoms with Crippen molar-refractivity contribution in [3.63, 3.8) is 0 Å². The summed E-state index contributed by atoms with van der Waals surface area (Å²) in [5.41, 5.74) is 20.2. The molecule has 49 heavy (non-hydrogen) atoms. The third kappa shape index (κ3) is 6.49. The van der Waals surface area contributed by atoms with Gasteiger partial charge in [0.05, 0.1) is 22.8 Å². The van der Waals surface area contributed by atoms with Gasteiger partial charge < -0.3 is 9.97 Å². The fourth-order valence-corrected chi connectivity index (χ4v) is 7.79. The van der Waals surface area contributed by atoms with Gasteiger partial charge >= 0.3 is 16.5 Å². The van der Waals surface area contributed by atoms with Crippen LogP contribution in [0, 0.1) is 11.8 Å². The van der Waals surface area contributed by atoms with Crippen LogP contribution >= 0.6 is 0 Å². The summed E-state index contributed by atoms with van der Waals surface area (Å²) in [7, 11) is 0. The molecular weight excluding hydrogens is 643 g/mol. The molecule has 254 valence electrons. The Morgan fingerprint density at radius 1 is 0.490 bits per heavy atom. The van der Waals surface area contributed by atoms with Crippen LogP contribution in [-0.4, -0.2) is 9.97 Å². The Bertz CT molecular complexity index is 2160. The second-order valence-corrected chi connectivity index (χ2v) is 12.5. The second kappa shape index (κ2) is 15.6. The summed E-state index contributed by atoms with van der Waals surface area (Å²) in [6, 6.07) is 17.0. The predicted molar refractivity (Wildman–Crippen MR) is 204 cm³/mol. The smallest absolute Gasteiger partial charge is 0.657 e. The molecule has 2 aliphatic rings. The average Bonchev–Trinajstić information content (AvgIpc) is 3.84. The van der Waals surface area contributed by atoms with Crippen LogP contribution in [0.15, 0.2) is 48.5 Å². The minimum atomic E-state index is 0. The summed E-state index contributed by atoms with van der Waals surface area (Å²) in [6.45, 7) is 17.9. The second-order valence-electron chi connectivity index (χ2n) is 12.5. The van der Waals surface area contributed by atoms with E-state index >= 15 is 0 Å². The van der Waals surface area contributed by atoms with Gasteiger partial charge in [0.25, 0.3) is 0 Å². The zero-order valence-corrected chi connectivity index (χ0v) is 31.4. The minimum absolute atomic E-state index is 0. The predicted octanol–water partition coefficient (Wildman–Crippen LogP) is 10.7. The van der Waals surface area contributed by atoms with E-state index in [9.17, 15) is 0 Å². The molecular formula is C44H48N4Ni. The number of aromatic nitrogens is 4. The molecule has 2 aliphatic heterocycles. The first-order valence-electron chi connectivity index (χ1n) is 18.2. The summed E-state index contributed by atoms with van der Waals surface area (Å²) >= 11 is 0. The van der Waals surface area contributed by atoms with E-state index in [4.69, 9.17) is 19.9 Å². The van der Waals surface area contributed by atoms with E-state index < -0.39 is 0 Å². The Morgan fingerprint density at radius 2 is 0.939 bits per heavy atom. The minimum Gasteiger partial charge on any atom is -0.657 e. The van der Waals surface area contributed by atoms with Crippen LogP contribution in [0.1, 0.15) is 137 Å². The van der Waals surface area contributed by atoms with Gasteiger partial charge in [0, 0.05) is 11.1 Å². The number of hydrogen-bond acceptors (Lipinski definition) is 2. The first-order valence-corrected chi connectivity index (χ1v) is 18.2. The summed E-state index contributed by atoms with van der Waals surface area (Å²) < 4.78 is 0. The molecule has 0 saturated carbocycles. The van der Waals surface area contributed by atoms with Gasteiger partial charge in [-0.05, 0) is 85.8 Å². The summed E-state index contributed by atoms with van der Waals surface area (Å²) in [5.74, 6) is 7.14. The van der Waals surface area contributed by atoms with Gasteiger partial charge in [0.15, 0.2) is 0 Å². The summed E-state index contributed by atoms with van der Waals surface area (Å²) in [6.07, 6.45) is 7.18. The number of aryl methyl sites for hydroxylation is 4. The largest absolute Gasteiger partial charge is 2.00 e. The maximum Gasteiger partial charge on any atom is 2.00 e. The number of rotatable bonds is 8. The van der Waals surface area contributed by atoms with Crippen LogP contribution in [0.5, 0.6) is 0 Å². The fraction of sp³-hybridized carbons (Fsp3) is 0.364. The van der Waals surface area contributed by atoms with Crippen molar-refractivity contribution >= 4 is 44.4 Å². The molecule has 1 aromatic carbocycles. The molecule has 5 heterocycles. The van der Waals surface area contributed by atoms with Crippen LogP contribution in [0.4, 0.5) is 0 Å². The van der Waals surface area contributed by atoms with Gasteiger partial charge in [-0.2, -0.15) is 0 Å². The maximum absolute atomic E-state index is 5.46. The van der Waals surface area contributed by atoms with Crippen LogP contribution < -0.4 is 9.97 Å². The average molecular weight is 692 g/mol. The van der Waals surface area contributed by atoms with E-state index in [2.05, 4.69) is 97.6 Å². The van der Waals surface area contributed by atoms with Crippen molar-refractivity contribution in [3.05, 3.63) is 105 Å². The number of fused-ring (bicyclic) bond motifs is 8. The Kier molecular flexibility index (Phi) is 11.5. The number of nitrogens with zero attached hydrogens (tertiary/aromatic N) is 4. The van der Waals surface area contributed by atoms with Crippen molar-refractivity contribution < 1.29 is 16.5 Å². The molecule has 4 nitrogen and oxygen atoms in total. The molecule has 0 fully saturated rings. The van der Waals surface area contributed by atoms with Gasteiger partial charge in [-0.1, -0.05) is 126 Å². The van der Waals surface area contributed by atoms with Gasteiger partial charge in [-0.15, -0.1) is 22.1 Å². The molecule has 5 heteroatoms. The van der Waals surface area contributed by atoms with Crippen LogP contribution in [-0.2, 0) is 42.2 Å². The Hall–Kier alpha value is -4.13. The van der Waals surface area contributed by atoms with Crippen molar-refractivity contribution in [3.8, 4) is 11.8 Å². The number of benzene rings is 1. The van der Waals surface area contributed by atoms with E-state index in [1.54, 1.807) is 0 Å². The van der Waals surface area contributed by atoms with Gasteiger partial charge in [0.1, 0.15) is 0 Å². The van der Waals surface area contributed by atoms with Crippen molar-refractivity contribution in [1.29, 1.82) is 0 Å². The van der Waals surface area contributed by atoms with Crippen LogP contribution in [0.2, 0.25) is 0 Å². The van der Waals surface area contributed by atoms with Crippen molar-refractivity contribution in [2.75, 3.05) is 0 Å². The zero-order chi connectivity index (χ0) is 33.9. The third-order valence-electron chi connectivity index (χ3n) is 10.1. The molecule has 0 N–H and O–H groups in total. The summed E-state index contributed by atoms with van der Waals surface area (Å²) in [5, 5.41) is 0. The SMILES string of the molecule is CCC1=C(CC)c2cc3[n-]c(c(C#Cc4ccccc4)c4nc(cc5[n-]c(cc1n2)c(CC)c5CC)C(CC)=C4CC)c(CC)c3CC.[Ni+2]. The van der Waals surface area contributed by atoms with Gasteiger partial charge in [0.2, 0.25) is 0 Å².